The predicted molar refractivity (Wildman–Crippen MR) is 111 cm³/mol. The van der Waals surface area contributed by atoms with Crippen molar-refractivity contribution in [1.82, 2.24) is 18.7 Å². The van der Waals surface area contributed by atoms with Gasteiger partial charge in [0, 0.05) is 37.7 Å². The molecule has 1 aliphatic rings. The fourth-order valence-corrected chi connectivity index (χ4v) is 5.69. The van der Waals surface area contributed by atoms with E-state index in [1.165, 1.54) is 8.99 Å². The molecule has 0 radical (unpaired) electrons. The van der Waals surface area contributed by atoms with E-state index in [0.717, 1.165) is 5.82 Å². The molecule has 1 fully saturated rings. The number of nitrogens with zero attached hydrogens (tertiary/aromatic N) is 4. The molecule has 1 aromatic carbocycles. The Hall–Kier alpha value is -1.68. The molecule has 0 saturated carbocycles. The first-order valence-electron chi connectivity index (χ1n) is 9.73. The highest BCUT2D eigenvalue weighted by molar-refractivity contribution is 7.89. The maximum atomic E-state index is 13.1. The maximum absolute atomic E-state index is 13.1. The quantitative estimate of drug-likeness (QED) is 0.656. The third kappa shape index (κ3) is 4.28. The lowest BCUT2D eigenvalue weighted by molar-refractivity contribution is 0.182. The van der Waals surface area contributed by atoms with Crippen LogP contribution in [-0.2, 0) is 27.8 Å². The molecular weight excluding hydrogens is 416 g/mol. The van der Waals surface area contributed by atoms with Crippen LogP contribution in [0.4, 0.5) is 0 Å². The van der Waals surface area contributed by atoms with E-state index in [9.17, 15) is 13.2 Å². The minimum Gasteiger partial charge on any atom is -0.383 e. The Morgan fingerprint density at radius 1 is 1.28 bits per heavy atom. The average molecular weight is 443 g/mol. The molecule has 0 N–H and O–H groups in total. The lowest BCUT2D eigenvalue weighted by atomic mass is 9.97. The minimum absolute atomic E-state index is 0.0401. The largest absolute Gasteiger partial charge is 0.383 e. The number of methoxy groups -OCH3 is 1. The van der Waals surface area contributed by atoms with E-state index in [4.69, 9.17) is 16.3 Å². The van der Waals surface area contributed by atoms with Gasteiger partial charge in [-0.2, -0.15) is 9.40 Å². The van der Waals surface area contributed by atoms with Crippen molar-refractivity contribution in [2.45, 2.75) is 50.6 Å². The molecule has 1 aliphatic heterocycles. The lowest BCUT2D eigenvalue weighted by Crippen LogP contribution is -2.38. The van der Waals surface area contributed by atoms with Crippen LogP contribution in [0.5, 0.6) is 0 Å². The molecule has 10 heteroatoms. The summed E-state index contributed by atoms with van der Waals surface area (Å²) in [5.74, 6) is 0.767. The van der Waals surface area contributed by atoms with E-state index in [-0.39, 0.29) is 16.5 Å². The number of benzene rings is 1. The summed E-state index contributed by atoms with van der Waals surface area (Å²) in [6, 6.07) is 4.93. The molecule has 0 unspecified atom stereocenters. The van der Waals surface area contributed by atoms with Crippen molar-refractivity contribution in [3.63, 3.8) is 0 Å². The summed E-state index contributed by atoms with van der Waals surface area (Å²) < 4.78 is 35.8. The summed E-state index contributed by atoms with van der Waals surface area (Å²) in [4.78, 5) is 12.8. The predicted octanol–water partition coefficient (Wildman–Crippen LogP) is 2.24. The van der Waals surface area contributed by atoms with Crippen LogP contribution < -0.4 is 5.69 Å². The monoisotopic (exact) mass is 442 g/mol. The SMILES string of the molecule is CCn1c(C2CCN(S(=O)(=O)c3cccc(Cl)c3C)CC2)nn(CCOC)c1=O. The molecule has 2 aromatic rings. The van der Waals surface area contributed by atoms with Gasteiger partial charge >= 0.3 is 5.69 Å². The van der Waals surface area contributed by atoms with Gasteiger partial charge < -0.3 is 4.74 Å². The Labute approximate surface area is 176 Å². The molecule has 0 atom stereocenters. The molecule has 1 saturated heterocycles. The Kier molecular flexibility index (Phi) is 6.83. The van der Waals surface area contributed by atoms with Gasteiger partial charge in [0.05, 0.1) is 18.0 Å². The molecule has 160 valence electrons. The second-order valence-electron chi connectivity index (χ2n) is 7.14. The number of halogens is 1. The van der Waals surface area contributed by atoms with E-state index in [0.29, 0.717) is 56.2 Å². The number of rotatable bonds is 7. The van der Waals surface area contributed by atoms with Gasteiger partial charge in [-0.05, 0) is 44.4 Å². The summed E-state index contributed by atoms with van der Waals surface area (Å²) in [6.45, 7) is 5.72. The zero-order valence-corrected chi connectivity index (χ0v) is 18.5. The fourth-order valence-electron chi connectivity index (χ4n) is 3.74. The number of aromatic nitrogens is 3. The van der Waals surface area contributed by atoms with Crippen LogP contribution in [0, 0.1) is 6.92 Å². The van der Waals surface area contributed by atoms with E-state index in [1.54, 1.807) is 36.8 Å². The van der Waals surface area contributed by atoms with Crippen LogP contribution in [0.3, 0.4) is 0 Å². The number of hydrogen-bond donors (Lipinski definition) is 0. The number of piperidine rings is 1. The molecule has 0 aliphatic carbocycles. The molecule has 8 nitrogen and oxygen atoms in total. The fraction of sp³-hybridized carbons (Fsp3) is 0.579. The molecule has 3 rings (SSSR count). The van der Waals surface area contributed by atoms with E-state index < -0.39 is 10.0 Å². The van der Waals surface area contributed by atoms with Gasteiger partial charge in [0.15, 0.2) is 0 Å². The molecule has 0 bridgehead atoms. The number of hydrogen-bond acceptors (Lipinski definition) is 5. The lowest BCUT2D eigenvalue weighted by Gasteiger charge is -2.31. The summed E-state index contributed by atoms with van der Waals surface area (Å²) in [5, 5.41) is 4.95. The molecule has 0 spiro atoms. The molecule has 29 heavy (non-hydrogen) atoms. The van der Waals surface area contributed by atoms with Crippen LogP contribution in [0.2, 0.25) is 5.02 Å². The molecular formula is C19H27ClN4O4S. The van der Waals surface area contributed by atoms with Crippen LogP contribution in [-0.4, -0.2) is 53.9 Å². The zero-order valence-electron chi connectivity index (χ0n) is 17.0. The number of ether oxygens (including phenoxy) is 1. The Balaban J connectivity index is 1.79. The first kappa shape index (κ1) is 22.0. The third-order valence-corrected chi connectivity index (χ3v) is 7.88. The first-order chi connectivity index (χ1) is 13.8. The highest BCUT2D eigenvalue weighted by Crippen LogP contribution is 2.31. The van der Waals surface area contributed by atoms with Crippen LogP contribution in [0.15, 0.2) is 27.9 Å². The Bertz CT molecular complexity index is 1020. The van der Waals surface area contributed by atoms with Crippen LogP contribution in [0.1, 0.15) is 37.1 Å². The normalized spacial score (nSPS) is 16.4. The Morgan fingerprint density at radius 3 is 2.59 bits per heavy atom. The van der Waals surface area contributed by atoms with Gasteiger partial charge in [-0.3, -0.25) is 4.57 Å². The van der Waals surface area contributed by atoms with Gasteiger partial charge in [-0.25, -0.2) is 17.9 Å². The molecule has 0 amide bonds. The number of sulfonamides is 1. The Morgan fingerprint density at radius 2 is 1.97 bits per heavy atom. The minimum atomic E-state index is -3.61. The van der Waals surface area contributed by atoms with Crippen LogP contribution in [0.25, 0.3) is 0 Å². The van der Waals surface area contributed by atoms with E-state index in [1.807, 2.05) is 6.92 Å². The summed E-state index contributed by atoms with van der Waals surface area (Å²) in [5.41, 5.74) is 0.414. The smallest absolute Gasteiger partial charge is 0.345 e. The average Bonchev–Trinajstić information content (AvgIpc) is 3.03. The van der Waals surface area contributed by atoms with Gasteiger partial charge in [-0.1, -0.05) is 17.7 Å². The summed E-state index contributed by atoms with van der Waals surface area (Å²) in [7, 11) is -2.03. The highest BCUT2D eigenvalue weighted by atomic mass is 35.5. The third-order valence-electron chi connectivity index (χ3n) is 5.43. The van der Waals surface area contributed by atoms with Gasteiger partial charge in [0.1, 0.15) is 5.82 Å². The standard InChI is InChI=1S/C19H27ClN4O4S/c1-4-23-18(21-24(19(23)25)12-13-28-3)15-8-10-22(11-9-15)29(26,27)17-7-5-6-16(20)14(17)2/h5-7,15H,4,8-13H2,1-3H3. The van der Waals surface area contributed by atoms with Crippen molar-refractivity contribution >= 4 is 21.6 Å². The summed E-state index contributed by atoms with van der Waals surface area (Å²) >= 11 is 6.11. The van der Waals surface area contributed by atoms with Crippen molar-refractivity contribution in [2.24, 2.45) is 0 Å². The zero-order chi connectivity index (χ0) is 21.2. The second kappa shape index (κ2) is 8.99. The maximum Gasteiger partial charge on any atom is 0.345 e. The molecule has 2 heterocycles. The second-order valence-corrected chi connectivity index (χ2v) is 9.46. The van der Waals surface area contributed by atoms with Gasteiger partial charge in [0.2, 0.25) is 10.0 Å². The van der Waals surface area contributed by atoms with Gasteiger partial charge in [-0.15, -0.1) is 0 Å². The van der Waals surface area contributed by atoms with Crippen molar-refractivity contribution in [2.75, 3.05) is 26.8 Å². The van der Waals surface area contributed by atoms with Crippen molar-refractivity contribution < 1.29 is 13.2 Å². The summed E-state index contributed by atoms with van der Waals surface area (Å²) in [6.07, 6.45) is 1.22. The highest BCUT2D eigenvalue weighted by Gasteiger charge is 2.33. The van der Waals surface area contributed by atoms with Crippen molar-refractivity contribution in [3.05, 3.63) is 45.1 Å². The van der Waals surface area contributed by atoms with Crippen LogP contribution >= 0.6 is 11.6 Å². The van der Waals surface area contributed by atoms with Crippen molar-refractivity contribution in [3.8, 4) is 0 Å². The van der Waals surface area contributed by atoms with E-state index >= 15 is 0 Å². The molecule has 1 aromatic heterocycles. The first-order valence-corrected chi connectivity index (χ1v) is 11.5. The van der Waals surface area contributed by atoms with Gasteiger partial charge in [0.25, 0.3) is 0 Å². The van der Waals surface area contributed by atoms with Crippen molar-refractivity contribution in [1.29, 1.82) is 0 Å². The topological polar surface area (TPSA) is 86.4 Å². The van der Waals surface area contributed by atoms with E-state index in [2.05, 4.69) is 5.10 Å².